The summed E-state index contributed by atoms with van der Waals surface area (Å²) in [7, 11) is 1.62. The van der Waals surface area contributed by atoms with Gasteiger partial charge in [-0.2, -0.15) is 13.2 Å². The van der Waals surface area contributed by atoms with Crippen LogP contribution in [0.15, 0.2) is 72.8 Å². The Morgan fingerprint density at radius 3 is 2.21 bits per heavy atom. The Kier molecular flexibility index (Phi) is 8.55. The van der Waals surface area contributed by atoms with E-state index in [0.717, 1.165) is 29.1 Å². The molecule has 1 saturated heterocycles. The molecule has 1 aliphatic rings. The molecule has 3 aromatic carbocycles. The Morgan fingerprint density at radius 1 is 0.921 bits per heavy atom. The number of alkyl halides is 3. The minimum absolute atomic E-state index is 0.105. The molecule has 3 aromatic rings. The third-order valence-corrected chi connectivity index (χ3v) is 6.65. The standard InChI is InChI=1S/C29H30F3N3O3/c1-38-24-12-6-20(7-13-24)14-17-33-28(37)25-4-2-3-5-26(25)35-18-15-23(16-19-35)34-27(36)21-8-10-22(11-9-21)29(30,31)32/h2-13,23H,14-19H2,1H3,(H,33,37)(H,34,36). The smallest absolute Gasteiger partial charge is 0.416 e. The third kappa shape index (κ3) is 6.85. The number of carbonyl (C=O) groups is 2. The minimum Gasteiger partial charge on any atom is -0.497 e. The van der Waals surface area contributed by atoms with Crippen molar-refractivity contribution in [1.29, 1.82) is 0 Å². The van der Waals surface area contributed by atoms with Crippen molar-refractivity contribution >= 4 is 17.5 Å². The molecule has 0 unspecified atom stereocenters. The fourth-order valence-electron chi connectivity index (χ4n) is 4.49. The van der Waals surface area contributed by atoms with E-state index in [4.69, 9.17) is 4.74 Å². The van der Waals surface area contributed by atoms with Gasteiger partial charge in [0.05, 0.1) is 18.2 Å². The number of anilines is 1. The SMILES string of the molecule is COc1ccc(CCNC(=O)c2ccccc2N2CCC(NC(=O)c3ccc(C(F)(F)F)cc3)CC2)cc1. The van der Waals surface area contributed by atoms with Crippen molar-refractivity contribution in [2.45, 2.75) is 31.5 Å². The van der Waals surface area contributed by atoms with Crippen LogP contribution in [0.1, 0.15) is 44.7 Å². The molecule has 1 aliphatic heterocycles. The van der Waals surface area contributed by atoms with Gasteiger partial charge in [0.15, 0.2) is 0 Å². The summed E-state index contributed by atoms with van der Waals surface area (Å²) in [6, 6.07) is 19.3. The number of nitrogens with zero attached hydrogens (tertiary/aromatic N) is 1. The monoisotopic (exact) mass is 525 g/mol. The molecule has 6 nitrogen and oxygen atoms in total. The molecule has 2 N–H and O–H groups in total. The molecular weight excluding hydrogens is 495 g/mol. The van der Waals surface area contributed by atoms with E-state index in [9.17, 15) is 22.8 Å². The molecule has 0 radical (unpaired) electrons. The minimum atomic E-state index is -4.44. The van der Waals surface area contributed by atoms with Gasteiger partial charge in [-0.3, -0.25) is 9.59 Å². The molecule has 0 spiro atoms. The van der Waals surface area contributed by atoms with Crippen LogP contribution in [0.25, 0.3) is 0 Å². The van der Waals surface area contributed by atoms with Crippen molar-refractivity contribution in [1.82, 2.24) is 10.6 Å². The molecular formula is C29H30F3N3O3. The zero-order chi connectivity index (χ0) is 27.1. The number of amides is 2. The van der Waals surface area contributed by atoms with Gasteiger partial charge in [-0.15, -0.1) is 0 Å². The molecule has 2 amide bonds. The molecule has 0 aromatic heterocycles. The molecule has 4 rings (SSSR count). The Bertz CT molecular complexity index is 1240. The quantitative estimate of drug-likeness (QED) is 0.430. The second-order valence-corrected chi connectivity index (χ2v) is 9.18. The predicted molar refractivity (Wildman–Crippen MR) is 140 cm³/mol. The number of halogens is 3. The van der Waals surface area contributed by atoms with E-state index < -0.39 is 17.6 Å². The number of piperidine rings is 1. The number of methoxy groups -OCH3 is 1. The summed E-state index contributed by atoms with van der Waals surface area (Å²) >= 11 is 0. The van der Waals surface area contributed by atoms with E-state index in [2.05, 4.69) is 15.5 Å². The number of rotatable bonds is 8. The van der Waals surface area contributed by atoms with E-state index in [1.165, 1.54) is 12.1 Å². The van der Waals surface area contributed by atoms with E-state index >= 15 is 0 Å². The van der Waals surface area contributed by atoms with Crippen molar-refractivity contribution in [2.75, 3.05) is 31.6 Å². The van der Waals surface area contributed by atoms with Crippen LogP contribution in [0, 0.1) is 0 Å². The maximum atomic E-state index is 13.0. The summed E-state index contributed by atoms with van der Waals surface area (Å²) in [5, 5.41) is 5.92. The summed E-state index contributed by atoms with van der Waals surface area (Å²) in [4.78, 5) is 27.6. The second-order valence-electron chi connectivity index (χ2n) is 9.18. The molecule has 1 fully saturated rings. The van der Waals surface area contributed by atoms with Gasteiger partial charge in [0, 0.05) is 36.9 Å². The van der Waals surface area contributed by atoms with Crippen molar-refractivity contribution in [3.05, 3.63) is 95.1 Å². The molecule has 0 atom stereocenters. The second kappa shape index (κ2) is 12.0. The van der Waals surface area contributed by atoms with Gasteiger partial charge >= 0.3 is 6.18 Å². The van der Waals surface area contributed by atoms with Gasteiger partial charge in [-0.05, 0) is 73.4 Å². The number of para-hydroxylation sites is 1. The fraction of sp³-hybridized carbons (Fsp3) is 0.310. The summed E-state index contributed by atoms with van der Waals surface area (Å²) < 4.78 is 43.5. The number of hydrogen-bond donors (Lipinski definition) is 2. The lowest BCUT2D eigenvalue weighted by molar-refractivity contribution is -0.137. The van der Waals surface area contributed by atoms with E-state index in [0.29, 0.717) is 44.5 Å². The average molecular weight is 526 g/mol. The Balaban J connectivity index is 1.29. The molecule has 0 aliphatic carbocycles. The summed E-state index contributed by atoms with van der Waals surface area (Å²) in [6.07, 6.45) is -2.44. The lowest BCUT2D eigenvalue weighted by Crippen LogP contribution is -2.45. The van der Waals surface area contributed by atoms with Crippen LogP contribution in [0.2, 0.25) is 0 Å². The Labute approximate surface area is 219 Å². The van der Waals surface area contributed by atoms with Gasteiger partial charge in [0.25, 0.3) is 11.8 Å². The normalized spacial score (nSPS) is 14.2. The maximum absolute atomic E-state index is 13.0. The van der Waals surface area contributed by atoms with Crippen molar-refractivity contribution in [2.24, 2.45) is 0 Å². The van der Waals surface area contributed by atoms with E-state index in [1.807, 2.05) is 42.5 Å². The molecule has 38 heavy (non-hydrogen) atoms. The zero-order valence-corrected chi connectivity index (χ0v) is 21.1. The number of ether oxygens (including phenoxy) is 1. The van der Waals surface area contributed by atoms with E-state index in [1.54, 1.807) is 13.2 Å². The number of carbonyl (C=O) groups excluding carboxylic acids is 2. The van der Waals surface area contributed by atoms with Gasteiger partial charge < -0.3 is 20.3 Å². The average Bonchev–Trinajstić information content (AvgIpc) is 2.93. The van der Waals surface area contributed by atoms with Crippen LogP contribution in [-0.4, -0.2) is 44.6 Å². The van der Waals surface area contributed by atoms with Crippen LogP contribution < -0.4 is 20.3 Å². The number of benzene rings is 3. The largest absolute Gasteiger partial charge is 0.497 e. The Hall–Kier alpha value is -4.01. The van der Waals surface area contributed by atoms with Crippen LogP contribution in [0.4, 0.5) is 18.9 Å². The summed E-state index contributed by atoms with van der Waals surface area (Å²) in [5.74, 6) is 0.246. The van der Waals surface area contributed by atoms with Crippen LogP contribution >= 0.6 is 0 Å². The molecule has 0 saturated carbocycles. The molecule has 9 heteroatoms. The lowest BCUT2D eigenvalue weighted by Gasteiger charge is -2.35. The number of hydrogen-bond acceptors (Lipinski definition) is 4. The fourth-order valence-corrected chi connectivity index (χ4v) is 4.49. The van der Waals surface area contributed by atoms with Gasteiger partial charge in [-0.1, -0.05) is 24.3 Å². The summed E-state index contributed by atoms with van der Waals surface area (Å²) in [5.41, 5.74) is 1.93. The topological polar surface area (TPSA) is 70.7 Å². The van der Waals surface area contributed by atoms with Crippen molar-refractivity contribution < 1.29 is 27.5 Å². The van der Waals surface area contributed by atoms with Gasteiger partial charge in [0.1, 0.15) is 5.75 Å². The first-order chi connectivity index (χ1) is 18.2. The highest BCUT2D eigenvalue weighted by molar-refractivity contribution is 6.00. The first-order valence-electron chi connectivity index (χ1n) is 12.5. The number of nitrogens with one attached hydrogen (secondary N) is 2. The lowest BCUT2D eigenvalue weighted by atomic mass is 10.0. The van der Waals surface area contributed by atoms with Crippen LogP contribution in [0.5, 0.6) is 5.75 Å². The van der Waals surface area contributed by atoms with E-state index in [-0.39, 0.29) is 17.5 Å². The first-order valence-corrected chi connectivity index (χ1v) is 12.5. The van der Waals surface area contributed by atoms with Crippen molar-refractivity contribution in [3.63, 3.8) is 0 Å². The molecule has 200 valence electrons. The summed E-state index contributed by atoms with van der Waals surface area (Å²) in [6.45, 7) is 1.76. The highest BCUT2D eigenvalue weighted by Crippen LogP contribution is 2.29. The molecule has 0 bridgehead atoms. The highest BCUT2D eigenvalue weighted by Gasteiger charge is 2.30. The van der Waals surface area contributed by atoms with Crippen LogP contribution in [-0.2, 0) is 12.6 Å². The maximum Gasteiger partial charge on any atom is 0.416 e. The van der Waals surface area contributed by atoms with Gasteiger partial charge in [0.2, 0.25) is 0 Å². The van der Waals surface area contributed by atoms with Crippen LogP contribution in [0.3, 0.4) is 0 Å². The van der Waals surface area contributed by atoms with Gasteiger partial charge in [-0.25, -0.2) is 0 Å². The highest BCUT2D eigenvalue weighted by atomic mass is 19.4. The first kappa shape index (κ1) is 27.0. The molecule has 1 heterocycles. The predicted octanol–water partition coefficient (Wildman–Crippen LogP) is 5.09. The third-order valence-electron chi connectivity index (χ3n) is 6.65. The Morgan fingerprint density at radius 2 is 1.58 bits per heavy atom. The zero-order valence-electron chi connectivity index (χ0n) is 21.1. The van der Waals surface area contributed by atoms with Crippen molar-refractivity contribution in [3.8, 4) is 5.75 Å².